The van der Waals surface area contributed by atoms with E-state index in [0.717, 1.165) is 5.56 Å². The lowest BCUT2D eigenvalue weighted by Crippen LogP contribution is -2.46. The number of halogens is 4. The van der Waals surface area contributed by atoms with E-state index in [-0.39, 0.29) is 12.6 Å². The largest absolute Gasteiger partial charge is 0.405 e. The van der Waals surface area contributed by atoms with E-state index in [4.69, 9.17) is 11.6 Å². The average molecular weight is 338 g/mol. The maximum absolute atomic E-state index is 11.9. The van der Waals surface area contributed by atoms with Crippen LogP contribution in [0.25, 0.3) is 0 Å². The highest BCUT2D eigenvalue weighted by Gasteiger charge is 2.27. The van der Waals surface area contributed by atoms with Crippen LogP contribution < -0.4 is 16.0 Å². The molecule has 0 heterocycles. The topological polar surface area (TPSA) is 70.2 Å². The van der Waals surface area contributed by atoms with Gasteiger partial charge >= 0.3 is 12.2 Å². The molecule has 0 radical (unpaired) electrons. The predicted octanol–water partition coefficient (Wildman–Crippen LogP) is 2.38. The van der Waals surface area contributed by atoms with Crippen molar-refractivity contribution in [3.05, 3.63) is 34.9 Å². The molecular formula is C13H15ClF3N3O2. The van der Waals surface area contributed by atoms with E-state index in [1.807, 2.05) is 0 Å². The van der Waals surface area contributed by atoms with Crippen LogP contribution in [0.1, 0.15) is 18.5 Å². The first-order valence-electron chi connectivity index (χ1n) is 6.31. The van der Waals surface area contributed by atoms with Crippen molar-refractivity contribution in [2.75, 3.05) is 13.1 Å². The van der Waals surface area contributed by atoms with Crippen LogP contribution in [0, 0.1) is 0 Å². The van der Waals surface area contributed by atoms with E-state index < -0.39 is 24.7 Å². The second-order valence-electron chi connectivity index (χ2n) is 4.47. The minimum Gasteiger partial charge on any atom is -0.329 e. The van der Waals surface area contributed by atoms with Gasteiger partial charge in [0, 0.05) is 11.1 Å². The van der Waals surface area contributed by atoms with Crippen molar-refractivity contribution in [1.82, 2.24) is 16.0 Å². The van der Waals surface area contributed by atoms with Gasteiger partial charge in [0.2, 0.25) is 5.91 Å². The lowest BCUT2D eigenvalue weighted by atomic mass is 10.1. The van der Waals surface area contributed by atoms with E-state index in [9.17, 15) is 22.8 Å². The van der Waals surface area contributed by atoms with E-state index in [1.54, 1.807) is 36.5 Å². The Bertz CT molecular complexity index is 538. The number of amides is 3. The molecule has 0 aliphatic heterocycles. The third-order valence-corrected chi connectivity index (χ3v) is 2.99. The van der Waals surface area contributed by atoms with E-state index >= 15 is 0 Å². The van der Waals surface area contributed by atoms with Gasteiger partial charge in [0.15, 0.2) is 0 Å². The van der Waals surface area contributed by atoms with Crippen molar-refractivity contribution in [2.45, 2.75) is 19.1 Å². The molecule has 1 rings (SSSR count). The van der Waals surface area contributed by atoms with Crippen LogP contribution in [0.15, 0.2) is 24.3 Å². The molecule has 122 valence electrons. The molecule has 0 spiro atoms. The lowest BCUT2D eigenvalue weighted by Gasteiger charge is -2.15. The smallest absolute Gasteiger partial charge is 0.329 e. The Labute approximate surface area is 130 Å². The van der Waals surface area contributed by atoms with E-state index in [0.29, 0.717) is 5.02 Å². The number of hydrogen-bond donors (Lipinski definition) is 3. The molecule has 0 saturated heterocycles. The van der Waals surface area contributed by atoms with Crippen molar-refractivity contribution < 1.29 is 22.8 Å². The molecule has 5 nitrogen and oxygen atoms in total. The van der Waals surface area contributed by atoms with Gasteiger partial charge in [0.25, 0.3) is 0 Å². The van der Waals surface area contributed by atoms with Crippen molar-refractivity contribution in [2.24, 2.45) is 0 Å². The second kappa shape index (κ2) is 8.00. The maximum atomic E-state index is 11.9. The molecule has 9 heteroatoms. The van der Waals surface area contributed by atoms with Gasteiger partial charge in [-0.25, -0.2) is 4.79 Å². The fourth-order valence-corrected chi connectivity index (χ4v) is 1.88. The first-order valence-corrected chi connectivity index (χ1v) is 6.69. The number of urea groups is 1. The molecule has 0 aliphatic carbocycles. The molecule has 0 aromatic heterocycles. The summed E-state index contributed by atoms with van der Waals surface area (Å²) in [5.74, 6) is -0.751. The first-order chi connectivity index (χ1) is 10.2. The number of alkyl halides is 3. The monoisotopic (exact) mass is 337 g/mol. The molecule has 0 fully saturated rings. The molecule has 0 saturated carbocycles. The zero-order valence-corrected chi connectivity index (χ0v) is 12.4. The Balaban J connectivity index is 2.37. The van der Waals surface area contributed by atoms with Crippen LogP contribution in [-0.4, -0.2) is 31.2 Å². The SMILES string of the molecule is C[C@@H](NCC(=O)NC(=O)NCC(F)(F)F)c1ccccc1Cl. The molecule has 0 aliphatic rings. The van der Waals surface area contributed by atoms with Gasteiger partial charge in [0.1, 0.15) is 6.54 Å². The Morgan fingerprint density at radius 2 is 1.91 bits per heavy atom. The number of rotatable bonds is 5. The summed E-state index contributed by atoms with van der Waals surface area (Å²) in [5.41, 5.74) is 0.762. The summed E-state index contributed by atoms with van der Waals surface area (Å²) in [6.45, 7) is 0.0135. The van der Waals surface area contributed by atoms with Crippen molar-refractivity contribution in [1.29, 1.82) is 0 Å². The minimum absolute atomic E-state index is 0.244. The molecule has 22 heavy (non-hydrogen) atoms. The Morgan fingerprint density at radius 3 is 2.50 bits per heavy atom. The molecule has 0 bridgehead atoms. The lowest BCUT2D eigenvalue weighted by molar-refractivity contribution is -0.124. The van der Waals surface area contributed by atoms with Gasteiger partial charge in [-0.3, -0.25) is 10.1 Å². The molecule has 3 amide bonds. The van der Waals surface area contributed by atoms with E-state index in [2.05, 4.69) is 5.32 Å². The Hall–Kier alpha value is -1.80. The van der Waals surface area contributed by atoms with Gasteiger partial charge in [-0.15, -0.1) is 0 Å². The number of benzene rings is 1. The summed E-state index contributed by atoms with van der Waals surface area (Å²) in [4.78, 5) is 22.5. The van der Waals surface area contributed by atoms with Crippen molar-refractivity contribution in [3.63, 3.8) is 0 Å². The minimum atomic E-state index is -4.53. The second-order valence-corrected chi connectivity index (χ2v) is 4.88. The number of imide groups is 1. The molecule has 3 N–H and O–H groups in total. The van der Waals surface area contributed by atoms with Gasteiger partial charge in [0.05, 0.1) is 6.54 Å². The zero-order chi connectivity index (χ0) is 16.8. The third kappa shape index (κ3) is 6.77. The molecule has 0 unspecified atom stereocenters. The summed E-state index contributed by atoms with van der Waals surface area (Å²) >= 11 is 5.99. The average Bonchev–Trinajstić information content (AvgIpc) is 2.42. The maximum Gasteiger partial charge on any atom is 0.405 e. The first kappa shape index (κ1) is 18.2. The van der Waals surface area contributed by atoms with E-state index in [1.165, 1.54) is 5.32 Å². The van der Waals surface area contributed by atoms with Crippen LogP contribution in [-0.2, 0) is 4.79 Å². The fraction of sp³-hybridized carbons (Fsp3) is 0.385. The van der Waals surface area contributed by atoms with Gasteiger partial charge < -0.3 is 10.6 Å². The van der Waals surface area contributed by atoms with Gasteiger partial charge in [-0.2, -0.15) is 13.2 Å². The fourth-order valence-electron chi connectivity index (χ4n) is 1.58. The molecule has 1 atom stereocenters. The van der Waals surface area contributed by atoms with Crippen LogP contribution in [0.2, 0.25) is 5.02 Å². The van der Waals surface area contributed by atoms with Gasteiger partial charge in [-0.1, -0.05) is 29.8 Å². The molecule has 1 aromatic rings. The highest BCUT2D eigenvalue weighted by atomic mass is 35.5. The van der Waals surface area contributed by atoms with Gasteiger partial charge in [-0.05, 0) is 18.6 Å². The van der Waals surface area contributed by atoms with Crippen LogP contribution in [0.4, 0.5) is 18.0 Å². The normalized spacial score (nSPS) is 12.6. The van der Waals surface area contributed by atoms with Crippen molar-refractivity contribution >= 4 is 23.5 Å². The summed E-state index contributed by atoms with van der Waals surface area (Å²) in [6.07, 6.45) is -4.53. The highest BCUT2D eigenvalue weighted by Crippen LogP contribution is 2.21. The number of carbonyl (C=O) groups is 2. The van der Waals surface area contributed by atoms with Crippen molar-refractivity contribution in [3.8, 4) is 0 Å². The quantitative estimate of drug-likeness (QED) is 0.772. The van der Waals surface area contributed by atoms with Crippen LogP contribution in [0.3, 0.4) is 0 Å². The Morgan fingerprint density at radius 1 is 1.27 bits per heavy atom. The number of nitrogens with one attached hydrogen (secondary N) is 3. The summed E-state index contributed by atoms with van der Waals surface area (Å²) < 4.78 is 35.6. The third-order valence-electron chi connectivity index (χ3n) is 2.64. The number of carbonyl (C=O) groups excluding carboxylic acids is 2. The predicted molar refractivity (Wildman–Crippen MR) is 75.5 cm³/mol. The highest BCUT2D eigenvalue weighted by molar-refractivity contribution is 6.31. The molecular weight excluding hydrogens is 323 g/mol. The molecule has 1 aromatic carbocycles. The summed E-state index contributed by atoms with van der Waals surface area (Å²) in [6, 6.07) is 5.54. The van der Waals surface area contributed by atoms with Crippen LogP contribution in [0.5, 0.6) is 0 Å². The summed E-state index contributed by atoms with van der Waals surface area (Å²) in [5, 5.41) is 6.66. The van der Waals surface area contributed by atoms with Crippen LogP contribution >= 0.6 is 11.6 Å². The summed E-state index contributed by atoms with van der Waals surface area (Å²) in [7, 11) is 0. The number of hydrogen-bond acceptors (Lipinski definition) is 3. The standard InChI is InChI=1S/C13H15ClF3N3O2/c1-8(9-4-2-3-5-10(9)14)18-6-11(21)20-12(22)19-7-13(15,16)17/h2-5,8,18H,6-7H2,1H3,(H2,19,20,21,22)/t8-/m1/s1. The Kier molecular flexibility index (Phi) is 6.63. The zero-order valence-electron chi connectivity index (χ0n) is 11.6.